The molecule has 3 rings (SSSR count). The molecule has 16 heavy (non-hydrogen) atoms. The predicted molar refractivity (Wildman–Crippen MR) is 62.8 cm³/mol. The Morgan fingerprint density at radius 3 is 3.00 bits per heavy atom. The summed E-state index contributed by atoms with van der Waals surface area (Å²) in [6.07, 6.45) is 1.06. The topological polar surface area (TPSA) is 56.7 Å². The molecule has 2 aliphatic rings. The van der Waals surface area contributed by atoms with Crippen LogP contribution in [-0.4, -0.2) is 36.1 Å². The highest BCUT2D eigenvalue weighted by atomic mass is 16.3. The van der Waals surface area contributed by atoms with Crippen LogP contribution in [0, 0.1) is 0 Å². The van der Waals surface area contributed by atoms with Gasteiger partial charge in [0.2, 0.25) is 0 Å². The van der Waals surface area contributed by atoms with Gasteiger partial charge in [0.05, 0.1) is 17.6 Å². The average Bonchev–Trinajstić information content (AvgIpc) is 2.73. The van der Waals surface area contributed by atoms with Crippen molar-refractivity contribution in [2.75, 3.05) is 13.1 Å². The maximum atomic E-state index is 9.77. The Labute approximate surface area is 94.4 Å². The van der Waals surface area contributed by atoms with Crippen LogP contribution in [0.5, 0.6) is 5.75 Å². The van der Waals surface area contributed by atoms with Crippen LogP contribution in [0.15, 0.2) is 29.3 Å². The fourth-order valence-electron chi connectivity index (χ4n) is 2.35. The number of rotatable bonds is 1. The average molecular weight is 217 g/mol. The number of amidine groups is 1. The molecule has 4 nitrogen and oxygen atoms in total. The van der Waals surface area contributed by atoms with E-state index in [1.54, 1.807) is 6.07 Å². The second-order valence-corrected chi connectivity index (χ2v) is 4.31. The first-order chi connectivity index (χ1) is 7.84. The van der Waals surface area contributed by atoms with E-state index in [9.17, 15) is 5.11 Å². The Morgan fingerprint density at radius 1 is 1.31 bits per heavy atom. The summed E-state index contributed by atoms with van der Waals surface area (Å²) < 4.78 is 0. The minimum atomic E-state index is 0.292. The molecule has 1 aromatic carbocycles. The number of aliphatic imine (C=N–C) groups is 1. The Kier molecular flexibility index (Phi) is 2.29. The Hall–Kier alpha value is -1.55. The lowest BCUT2D eigenvalue weighted by molar-refractivity contribution is 0.402. The van der Waals surface area contributed by atoms with Crippen molar-refractivity contribution in [1.82, 2.24) is 10.6 Å². The molecule has 2 atom stereocenters. The van der Waals surface area contributed by atoms with E-state index in [2.05, 4.69) is 15.6 Å². The van der Waals surface area contributed by atoms with Gasteiger partial charge in [0.25, 0.3) is 0 Å². The number of piperidine rings is 1. The van der Waals surface area contributed by atoms with Crippen molar-refractivity contribution in [3.8, 4) is 5.75 Å². The van der Waals surface area contributed by atoms with E-state index in [1.807, 2.05) is 18.2 Å². The molecule has 1 fully saturated rings. The molecule has 0 radical (unpaired) electrons. The first-order valence-electron chi connectivity index (χ1n) is 5.68. The maximum absolute atomic E-state index is 9.77. The molecule has 0 aromatic heterocycles. The van der Waals surface area contributed by atoms with Gasteiger partial charge in [-0.05, 0) is 25.1 Å². The number of phenolic OH excluding ortho intramolecular Hbond substituents is 1. The molecule has 0 bridgehead atoms. The fraction of sp³-hybridized carbons (Fsp3) is 0.417. The molecular formula is C12H15N3O. The van der Waals surface area contributed by atoms with E-state index < -0.39 is 0 Å². The van der Waals surface area contributed by atoms with Crippen LogP contribution >= 0.6 is 0 Å². The Balaban J connectivity index is 1.89. The Bertz CT molecular complexity index is 430. The lowest BCUT2D eigenvalue weighted by atomic mass is 10.0. The number of hydrogen-bond acceptors (Lipinski definition) is 4. The molecule has 2 heterocycles. The van der Waals surface area contributed by atoms with Crippen molar-refractivity contribution in [3.05, 3.63) is 29.8 Å². The summed E-state index contributed by atoms with van der Waals surface area (Å²) in [4.78, 5) is 4.65. The van der Waals surface area contributed by atoms with Crippen LogP contribution in [-0.2, 0) is 0 Å². The zero-order valence-corrected chi connectivity index (χ0v) is 8.98. The van der Waals surface area contributed by atoms with Gasteiger partial charge in [0.15, 0.2) is 0 Å². The number of nitrogens with zero attached hydrogens (tertiary/aromatic N) is 1. The largest absolute Gasteiger partial charge is 0.507 e. The SMILES string of the molecule is Oc1ccccc1C1=NC2CCNCC2N1. The zero-order chi connectivity index (χ0) is 11.0. The molecule has 0 amide bonds. The van der Waals surface area contributed by atoms with Crippen LogP contribution in [0.2, 0.25) is 0 Å². The molecule has 0 saturated carbocycles. The van der Waals surface area contributed by atoms with Gasteiger partial charge in [-0.25, -0.2) is 0 Å². The van der Waals surface area contributed by atoms with Crippen molar-refractivity contribution in [2.24, 2.45) is 4.99 Å². The minimum Gasteiger partial charge on any atom is -0.507 e. The standard InChI is InChI=1S/C12H15N3O/c16-11-4-2-1-3-8(11)12-14-9-5-6-13-7-10(9)15-12/h1-4,9-10,13,16H,5-7H2,(H,14,15). The number of fused-ring (bicyclic) bond motifs is 1. The molecule has 1 aromatic rings. The number of benzene rings is 1. The minimum absolute atomic E-state index is 0.292. The number of phenols is 1. The van der Waals surface area contributed by atoms with Crippen LogP contribution in [0.25, 0.3) is 0 Å². The predicted octanol–water partition coefficient (Wildman–Crippen LogP) is 0.473. The maximum Gasteiger partial charge on any atom is 0.132 e. The van der Waals surface area contributed by atoms with Gasteiger partial charge in [0, 0.05) is 6.54 Å². The van der Waals surface area contributed by atoms with Crippen molar-refractivity contribution in [2.45, 2.75) is 18.5 Å². The van der Waals surface area contributed by atoms with Gasteiger partial charge < -0.3 is 15.7 Å². The van der Waals surface area contributed by atoms with Crippen molar-refractivity contribution < 1.29 is 5.11 Å². The van der Waals surface area contributed by atoms with Crippen molar-refractivity contribution in [1.29, 1.82) is 0 Å². The van der Waals surface area contributed by atoms with Gasteiger partial charge in [0.1, 0.15) is 11.6 Å². The van der Waals surface area contributed by atoms with Gasteiger partial charge >= 0.3 is 0 Å². The second-order valence-electron chi connectivity index (χ2n) is 4.31. The molecule has 1 saturated heterocycles. The lowest BCUT2D eigenvalue weighted by Gasteiger charge is -2.24. The molecule has 2 aliphatic heterocycles. The van der Waals surface area contributed by atoms with E-state index in [0.717, 1.165) is 30.9 Å². The normalized spacial score (nSPS) is 28.1. The molecule has 3 N–H and O–H groups in total. The van der Waals surface area contributed by atoms with Gasteiger partial charge in [-0.1, -0.05) is 12.1 Å². The molecular weight excluding hydrogens is 202 g/mol. The molecule has 4 heteroatoms. The molecule has 0 aliphatic carbocycles. The smallest absolute Gasteiger partial charge is 0.132 e. The number of aromatic hydroxyl groups is 1. The third-order valence-electron chi connectivity index (χ3n) is 3.22. The third kappa shape index (κ3) is 1.55. The number of hydrogen-bond donors (Lipinski definition) is 3. The zero-order valence-electron chi connectivity index (χ0n) is 8.98. The summed E-state index contributed by atoms with van der Waals surface area (Å²) >= 11 is 0. The number of nitrogens with one attached hydrogen (secondary N) is 2. The van der Waals surface area contributed by atoms with E-state index >= 15 is 0 Å². The quantitative estimate of drug-likeness (QED) is 0.641. The van der Waals surface area contributed by atoms with Crippen LogP contribution in [0.3, 0.4) is 0 Å². The van der Waals surface area contributed by atoms with Crippen molar-refractivity contribution >= 4 is 5.84 Å². The van der Waals surface area contributed by atoms with Gasteiger partial charge in [-0.3, -0.25) is 4.99 Å². The molecule has 84 valence electrons. The lowest BCUT2D eigenvalue weighted by Crippen LogP contribution is -2.48. The highest BCUT2D eigenvalue weighted by Crippen LogP contribution is 2.22. The summed E-state index contributed by atoms with van der Waals surface area (Å²) in [5.41, 5.74) is 0.803. The summed E-state index contributed by atoms with van der Waals surface area (Å²) in [5, 5.41) is 16.5. The van der Waals surface area contributed by atoms with E-state index in [4.69, 9.17) is 0 Å². The highest BCUT2D eigenvalue weighted by Gasteiger charge is 2.31. The van der Waals surface area contributed by atoms with Gasteiger partial charge in [-0.15, -0.1) is 0 Å². The van der Waals surface area contributed by atoms with Crippen LogP contribution < -0.4 is 10.6 Å². The highest BCUT2D eigenvalue weighted by molar-refractivity contribution is 6.02. The molecule has 0 spiro atoms. The monoisotopic (exact) mass is 217 g/mol. The first-order valence-corrected chi connectivity index (χ1v) is 5.68. The molecule has 2 unspecified atom stereocenters. The summed E-state index contributed by atoms with van der Waals surface area (Å²) in [5.74, 6) is 1.12. The van der Waals surface area contributed by atoms with E-state index in [1.165, 1.54) is 0 Å². The van der Waals surface area contributed by atoms with Gasteiger partial charge in [-0.2, -0.15) is 0 Å². The van der Waals surface area contributed by atoms with E-state index in [-0.39, 0.29) is 0 Å². The van der Waals surface area contributed by atoms with E-state index in [0.29, 0.717) is 17.8 Å². The fourth-order valence-corrected chi connectivity index (χ4v) is 2.35. The summed E-state index contributed by atoms with van der Waals surface area (Å²) in [6.45, 7) is 1.98. The third-order valence-corrected chi connectivity index (χ3v) is 3.22. The van der Waals surface area contributed by atoms with Crippen molar-refractivity contribution in [3.63, 3.8) is 0 Å². The first kappa shape index (κ1) is 9.66. The van der Waals surface area contributed by atoms with Crippen LogP contribution in [0.4, 0.5) is 0 Å². The Morgan fingerprint density at radius 2 is 2.19 bits per heavy atom. The number of para-hydroxylation sites is 1. The summed E-state index contributed by atoms with van der Waals surface area (Å²) in [7, 11) is 0. The van der Waals surface area contributed by atoms with Crippen LogP contribution in [0.1, 0.15) is 12.0 Å². The summed E-state index contributed by atoms with van der Waals surface area (Å²) in [6, 6.07) is 8.06. The second kappa shape index (κ2) is 3.79.